The molecule has 0 aliphatic heterocycles. The van der Waals surface area contributed by atoms with E-state index in [2.05, 4.69) is 11.3 Å². The van der Waals surface area contributed by atoms with Crippen LogP contribution in [0.15, 0.2) is 41.8 Å². The van der Waals surface area contributed by atoms with Gasteiger partial charge < -0.3 is 4.74 Å². The number of carbonyl (C=O) groups is 1. The van der Waals surface area contributed by atoms with Crippen LogP contribution in [-0.4, -0.2) is 38.4 Å². The van der Waals surface area contributed by atoms with E-state index in [1.807, 2.05) is 0 Å². The van der Waals surface area contributed by atoms with E-state index in [0.29, 0.717) is 0 Å². The number of carbonyl (C=O) groups excluding carboxylic acids is 1. The number of methoxy groups -OCH3 is 1. The van der Waals surface area contributed by atoms with E-state index in [1.165, 1.54) is 29.6 Å². The lowest BCUT2D eigenvalue weighted by molar-refractivity contribution is 0.0596. The van der Waals surface area contributed by atoms with Gasteiger partial charge in [0.05, 0.1) is 17.6 Å². The normalized spacial score (nSPS) is 11.7. The van der Waals surface area contributed by atoms with E-state index in [9.17, 15) is 13.2 Å². The lowest BCUT2D eigenvalue weighted by atomic mass is 10.2. The maximum atomic E-state index is 12.7. The molecule has 1 aromatic carbocycles. The largest absolute Gasteiger partial charge is 0.465 e. The van der Waals surface area contributed by atoms with Crippen LogP contribution >= 0.6 is 0 Å². The highest BCUT2D eigenvalue weighted by Crippen LogP contribution is 2.22. The molecule has 20 heavy (non-hydrogen) atoms. The van der Waals surface area contributed by atoms with E-state index in [-0.39, 0.29) is 23.0 Å². The summed E-state index contributed by atoms with van der Waals surface area (Å²) in [5.74, 6) is -0.675. The zero-order valence-electron chi connectivity index (χ0n) is 11.9. The van der Waals surface area contributed by atoms with Gasteiger partial charge in [-0.25, -0.2) is 13.2 Å². The van der Waals surface area contributed by atoms with Crippen LogP contribution in [0.4, 0.5) is 0 Å². The minimum Gasteiger partial charge on any atom is -0.465 e. The first-order valence-corrected chi connectivity index (χ1v) is 7.60. The Morgan fingerprint density at radius 1 is 1.40 bits per heavy atom. The summed E-state index contributed by atoms with van der Waals surface area (Å²) in [6, 6.07) is 5.76. The van der Waals surface area contributed by atoms with Gasteiger partial charge in [0, 0.05) is 12.6 Å². The van der Waals surface area contributed by atoms with Crippen molar-refractivity contribution >= 4 is 16.0 Å². The molecule has 1 rings (SSSR count). The summed E-state index contributed by atoms with van der Waals surface area (Å²) in [6.45, 7) is 7.27. The summed E-state index contributed by atoms with van der Waals surface area (Å²) in [7, 11) is -2.57. The number of benzene rings is 1. The molecule has 0 saturated carbocycles. The van der Waals surface area contributed by atoms with Gasteiger partial charge >= 0.3 is 5.97 Å². The molecule has 0 radical (unpaired) electrons. The molecule has 0 heterocycles. The molecule has 0 aliphatic carbocycles. The Morgan fingerprint density at radius 2 is 2.00 bits per heavy atom. The van der Waals surface area contributed by atoms with Crippen LogP contribution < -0.4 is 0 Å². The molecule has 0 N–H and O–H groups in total. The molecule has 5 nitrogen and oxygen atoms in total. The van der Waals surface area contributed by atoms with E-state index < -0.39 is 16.0 Å². The zero-order valence-corrected chi connectivity index (χ0v) is 12.7. The third-order valence-electron chi connectivity index (χ3n) is 2.76. The maximum absolute atomic E-state index is 12.7. The fourth-order valence-corrected chi connectivity index (χ4v) is 3.60. The van der Waals surface area contributed by atoms with Crippen molar-refractivity contribution in [2.24, 2.45) is 0 Å². The van der Waals surface area contributed by atoms with Crippen LogP contribution in [0.1, 0.15) is 24.2 Å². The summed E-state index contributed by atoms with van der Waals surface area (Å²) in [5, 5.41) is 0. The van der Waals surface area contributed by atoms with Gasteiger partial charge in [0.15, 0.2) is 0 Å². The molecule has 0 amide bonds. The van der Waals surface area contributed by atoms with E-state index >= 15 is 0 Å². The van der Waals surface area contributed by atoms with Gasteiger partial charge in [-0.3, -0.25) is 0 Å². The molecular weight excluding hydrogens is 278 g/mol. The molecule has 110 valence electrons. The van der Waals surface area contributed by atoms with Crippen molar-refractivity contribution in [3.05, 3.63) is 42.5 Å². The van der Waals surface area contributed by atoms with Gasteiger partial charge in [0.25, 0.3) is 0 Å². The molecule has 0 unspecified atom stereocenters. The van der Waals surface area contributed by atoms with Crippen LogP contribution in [0, 0.1) is 0 Å². The smallest absolute Gasteiger partial charge is 0.339 e. The Bertz CT molecular complexity index is 593. The molecule has 6 heteroatoms. The third kappa shape index (κ3) is 3.26. The van der Waals surface area contributed by atoms with Crippen LogP contribution in [0.2, 0.25) is 0 Å². The van der Waals surface area contributed by atoms with Gasteiger partial charge in [-0.2, -0.15) is 4.31 Å². The van der Waals surface area contributed by atoms with E-state index in [1.54, 1.807) is 26.0 Å². The molecule has 0 aromatic heterocycles. The lowest BCUT2D eigenvalue weighted by Crippen LogP contribution is -2.37. The summed E-state index contributed by atoms with van der Waals surface area (Å²) >= 11 is 0. The number of hydrogen-bond acceptors (Lipinski definition) is 4. The summed E-state index contributed by atoms with van der Waals surface area (Å²) < 4.78 is 31.3. The van der Waals surface area contributed by atoms with Gasteiger partial charge in [-0.1, -0.05) is 18.2 Å². The topological polar surface area (TPSA) is 63.7 Å². The van der Waals surface area contributed by atoms with Crippen LogP contribution in [0.3, 0.4) is 0 Å². The molecule has 0 fully saturated rings. The van der Waals surface area contributed by atoms with Crippen molar-refractivity contribution in [1.82, 2.24) is 4.31 Å². The average molecular weight is 297 g/mol. The fraction of sp³-hybridized carbons (Fsp3) is 0.357. The predicted molar refractivity (Wildman–Crippen MR) is 77.0 cm³/mol. The number of sulfonamides is 1. The molecular formula is C14H19NO4S. The Morgan fingerprint density at radius 3 is 2.50 bits per heavy atom. The van der Waals surface area contributed by atoms with E-state index in [4.69, 9.17) is 0 Å². The minimum atomic E-state index is -3.79. The lowest BCUT2D eigenvalue weighted by Gasteiger charge is -2.25. The Hall–Kier alpha value is -1.66. The Balaban J connectivity index is 3.41. The Kier molecular flexibility index (Phi) is 5.47. The predicted octanol–water partition coefficient (Wildman–Crippen LogP) is 2.06. The van der Waals surface area contributed by atoms with Crippen molar-refractivity contribution in [3.63, 3.8) is 0 Å². The maximum Gasteiger partial charge on any atom is 0.339 e. The molecule has 1 aromatic rings. The molecule has 0 saturated heterocycles. The summed E-state index contributed by atoms with van der Waals surface area (Å²) in [4.78, 5) is 11.7. The van der Waals surface area contributed by atoms with Crippen LogP contribution in [-0.2, 0) is 14.8 Å². The quantitative estimate of drug-likeness (QED) is 0.595. The van der Waals surface area contributed by atoms with Crippen molar-refractivity contribution in [3.8, 4) is 0 Å². The number of esters is 1. The van der Waals surface area contributed by atoms with Crippen molar-refractivity contribution in [2.45, 2.75) is 24.8 Å². The first-order valence-electron chi connectivity index (χ1n) is 6.16. The fourth-order valence-electron chi connectivity index (χ4n) is 1.81. The highest BCUT2D eigenvalue weighted by Gasteiger charge is 2.30. The highest BCUT2D eigenvalue weighted by molar-refractivity contribution is 7.89. The Labute approximate surface area is 119 Å². The van der Waals surface area contributed by atoms with Gasteiger partial charge in [0.2, 0.25) is 10.0 Å². The van der Waals surface area contributed by atoms with Crippen LogP contribution in [0.25, 0.3) is 0 Å². The van der Waals surface area contributed by atoms with Crippen molar-refractivity contribution < 1.29 is 17.9 Å². The second-order valence-electron chi connectivity index (χ2n) is 4.44. The SMILES string of the molecule is C=CCN(C(C)C)S(=O)(=O)c1ccccc1C(=O)OC. The number of nitrogens with zero attached hydrogens (tertiary/aromatic N) is 1. The van der Waals surface area contributed by atoms with Gasteiger partial charge in [-0.15, -0.1) is 6.58 Å². The van der Waals surface area contributed by atoms with Gasteiger partial charge in [0.1, 0.15) is 0 Å². The van der Waals surface area contributed by atoms with Crippen molar-refractivity contribution in [1.29, 1.82) is 0 Å². The highest BCUT2D eigenvalue weighted by atomic mass is 32.2. The monoisotopic (exact) mass is 297 g/mol. The van der Waals surface area contributed by atoms with Gasteiger partial charge in [-0.05, 0) is 26.0 Å². The zero-order chi connectivity index (χ0) is 15.3. The summed E-state index contributed by atoms with van der Waals surface area (Å²) in [6.07, 6.45) is 1.51. The molecule has 0 bridgehead atoms. The number of rotatable bonds is 6. The standard InChI is InChI=1S/C14H19NO4S/c1-5-10-15(11(2)3)20(17,18)13-9-7-6-8-12(13)14(16)19-4/h5-9,11H,1,10H2,2-4H3. The first kappa shape index (κ1) is 16.4. The van der Waals surface area contributed by atoms with Crippen LogP contribution in [0.5, 0.6) is 0 Å². The average Bonchev–Trinajstić information content (AvgIpc) is 2.43. The second kappa shape index (κ2) is 6.67. The minimum absolute atomic E-state index is 0.0321. The number of hydrogen-bond donors (Lipinski definition) is 0. The third-order valence-corrected chi connectivity index (χ3v) is 4.86. The first-order chi connectivity index (χ1) is 9.36. The summed E-state index contributed by atoms with van der Waals surface area (Å²) in [5.41, 5.74) is 0.0321. The molecule has 0 spiro atoms. The molecule has 0 aliphatic rings. The van der Waals surface area contributed by atoms with E-state index in [0.717, 1.165) is 0 Å². The molecule has 0 atom stereocenters. The van der Waals surface area contributed by atoms with Crippen molar-refractivity contribution in [2.75, 3.05) is 13.7 Å². The number of ether oxygens (including phenoxy) is 1. The second-order valence-corrected chi connectivity index (χ2v) is 6.30.